The fourth-order valence-corrected chi connectivity index (χ4v) is 3.23. The quantitative estimate of drug-likeness (QED) is 0.497. The molecule has 22 heavy (non-hydrogen) atoms. The molecule has 0 aromatic heterocycles. The van der Waals surface area contributed by atoms with Gasteiger partial charge in [-0.15, -0.1) is 11.8 Å². The molecular formula is C14H14N2O4S2. The van der Waals surface area contributed by atoms with Gasteiger partial charge in [-0.2, -0.15) is 0 Å². The molecule has 0 saturated carbocycles. The first-order chi connectivity index (χ1) is 10.4. The van der Waals surface area contributed by atoms with E-state index in [2.05, 4.69) is 4.72 Å². The number of nitro groups is 1. The monoisotopic (exact) mass is 338 g/mol. The summed E-state index contributed by atoms with van der Waals surface area (Å²) in [5.41, 5.74) is 0.555. The Bertz CT molecular complexity index is 774. The molecule has 0 heterocycles. The van der Waals surface area contributed by atoms with Gasteiger partial charge in [0.1, 0.15) is 0 Å². The van der Waals surface area contributed by atoms with E-state index in [0.29, 0.717) is 0 Å². The van der Waals surface area contributed by atoms with Gasteiger partial charge in [0.15, 0.2) is 0 Å². The molecule has 2 rings (SSSR count). The summed E-state index contributed by atoms with van der Waals surface area (Å²) in [5, 5.41) is 10.7. The van der Waals surface area contributed by atoms with Crippen molar-refractivity contribution in [3.63, 3.8) is 0 Å². The van der Waals surface area contributed by atoms with Crippen molar-refractivity contribution in [3.8, 4) is 0 Å². The van der Waals surface area contributed by atoms with Crippen LogP contribution in [0.1, 0.15) is 5.56 Å². The van der Waals surface area contributed by atoms with E-state index in [1.54, 1.807) is 11.8 Å². The second-order valence-electron chi connectivity index (χ2n) is 4.43. The van der Waals surface area contributed by atoms with Gasteiger partial charge in [-0.25, -0.2) is 13.1 Å². The van der Waals surface area contributed by atoms with Crippen molar-refractivity contribution < 1.29 is 13.3 Å². The summed E-state index contributed by atoms with van der Waals surface area (Å²) in [4.78, 5) is 11.0. The van der Waals surface area contributed by atoms with Gasteiger partial charge in [0, 0.05) is 23.6 Å². The Balaban J connectivity index is 2.13. The zero-order valence-electron chi connectivity index (χ0n) is 11.7. The molecule has 0 fully saturated rings. The van der Waals surface area contributed by atoms with Crippen molar-refractivity contribution >= 4 is 27.5 Å². The molecule has 0 saturated heterocycles. The van der Waals surface area contributed by atoms with Crippen LogP contribution < -0.4 is 4.72 Å². The van der Waals surface area contributed by atoms with Gasteiger partial charge in [0.05, 0.1) is 9.82 Å². The third-order valence-electron chi connectivity index (χ3n) is 2.96. The number of hydrogen-bond acceptors (Lipinski definition) is 5. The highest BCUT2D eigenvalue weighted by atomic mass is 32.2. The van der Waals surface area contributed by atoms with Gasteiger partial charge in [-0.1, -0.05) is 18.2 Å². The summed E-state index contributed by atoms with van der Waals surface area (Å²) in [5.74, 6) is 0. The van der Waals surface area contributed by atoms with Crippen molar-refractivity contribution in [2.24, 2.45) is 0 Å². The van der Waals surface area contributed by atoms with Crippen LogP contribution in [0.15, 0.2) is 58.3 Å². The first kappa shape index (κ1) is 16.5. The van der Waals surface area contributed by atoms with E-state index in [1.165, 1.54) is 18.2 Å². The molecule has 2 aromatic rings. The Hall–Kier alpha value is -1.90. The predicted molar refractivity (Wildman–Crippen MR) is 85.3 cm³/mol. The van der Waals surface area contributed by atoms with Crippen LogP contribution in [-0.2, 0) is 16.6 Å². The maximum atomic E-state index is 12.2. The van der Waals surface area contributed by atoms with Gasteiger partial charge >= 0.3 is 0 Å². The molecule has 6 nitrogen and oxygen atoms in total. The minimum Gasteiger partial charge on any atom is -0.258 e. The van der Waals surface area contributed by atoms with Crippen LogP contribution >= 0.6 is 11.8 Å². The third-order valence-corrected chi connectivity index (χ3v) is 5.11. The molecule has 0 atom stereocenters. The van der Waals surface area contributed by atoms with Gasteiger partial charge in [0.2, 0.25) is 10.0 Å². The normalized spacial score (nSPS) is 11.3. The molecule has 2 aromatic carbocycles. The number of hydrogen-bond donors (Lipinski definition) is 1. The molecule has 0 amide bonds. The van der Waals surface area contributed by atoms with E-state index in [1.807, 2.05) is 30.5 Å². The molecule has 0 radical (unpaired) electrons. The second kappa shape index (κ2) is 6.91. The molecular weight excluding hydrogens is 324 g/mol. The number of non-ortho nitro benzene ring substituents is 1. The lowest BCUT2D eigenvalue weighted by Gasteiger charge is -2.07. The summed E-state index contributed by atoms with van der Waals surface area (Å²) < 4.78 is 26.8. The van der Waals surface area contributed by atoms with E-state index >= 15 is 0 Å². The molecule has 0 unspecified atom stereocenters. The molecule has 0 aliphatic heterocycles. The highest BCUT2D eigenvalue weighted by Gasteiger charge is 2.17. The van der Waals surface area contributed by atoms with Gasteiger partial charge in [-0.05, 0) is 30.0 Å². The zero-order valence-corrected chi connectivity index (χ0v) is 13.4. The van der Waals surface area contributed by atoms with E-state index in [0.717, 1.165) is 16.5 Å². The van der Waals surface area contributed by atoms with Crippen molar-refractivity contribution in [2.45, 2.75) is 16.3 Å². The molecule has 0 aliphatic rings. The summed E-state index contributed by atoms with van der Waals surface area (Å²) in [6.07, 6.45) is 1.96. The lowest BCUT2D eigenvalue weighted by Crippen LogP contribution is -2.23. The smallest absolute Gasteiger partial charge is 0.258 e. The Morgan fingerprint density at radius 1 is 1.18 bits per heavy atom. The number of sulfonamides is 1. The third kappa shape index (κ3) is 4.06. The van der Waals surface area contributed by atoms with Gasteiger partial charge in [-0.3, -0.25) is 10.1 Å². The predicted octanol–water partition coefficient (Wildman–Crippen LogP) is 2.80. The summed E-state index contributed by atoms with van der Waals surface area (Å²) >= 11 is 1.60. The highest BCUT2D eigenvalue weighted by Crippen LogP contribution is 2.18. The Labute approximate surface area is 132 Å². The highest BCUT2D eigenvalue weighted by molar-refractivity contribution is 7.98. The number of nitro benzene ring substituents is 1. The Morgan fingerprint density at radius 3 is 2.45 bits per heavy atom. The van der Waals surface area contributed by atoms with Crippen molar-refractivity contribution in [1.82, 2.24) is 4.72 Å². The first-order valence-electron chi connectivity index (χ1n) is 6.29. The number of benzene rings is 2. The number of nitrogens with zero attached hydrogens (tertiary/aromatic N) is 1. The topological polar surface area (TPSA) is 89.3 Å². The van der Waals surface area contributed by atoms with Crippen LogP contribution in [0.4, 0.5) is 5.69 Å². The molecule has 0 aliphatic carbocycles. The maximum Gasteiger partial charge on any atom is 0.270 e. The zero-order chi connectivity index (χ0) is 16.2. The Morgan fingerprint density at radius 2 is 1.86 bits per heavy atom. The summed E-state index contributed by atoms with van der Waals surface area (Å²) in [7, 11) is -3.79. The lowest BCUT2D eigenvalue weighted by atomic mass is 10.2. The molecule has 1 N–H and O–H groups in total. The van der Waals surface area contributed by atoms with Crippen LogP contribution in [0.3, 0.4) is 0 Å². The van der Waals surface area contributed by atoms with E-state index < -0.39 is 14.9 Å². The number of nitrogens with one attached hydrogen (secondary N) is 1. The average Bonchev–Trinajstić information content (AvgIpc) is 2.53. The number of thioether (sulfide) groups is 1. The average molecular weight is 338 g/mol. The molecule has 8 heteroatoms. The van der Waals surface area contributed by atoms with Gasteiger partial charge in [0.25, 0.3) is 5.69 Å². The van der Waals surface area contributed by atoms with Crippen molar-refractivity contribution in [2.75, 3.05) is 6.26 Å². The van der Waals surface area contributed by atoms with E-state index in [9.17, 15) is 18.5 Å². The Kier molecular flexibility index (Phi) is 5.17. The van der Waals surface area contributed by atoms with Gasteiger partial charge < -0.3 is 0 Å². The molecule has 0 spiro atoms. The SMILES string of the molecule is CSc1ccc(CNS(=O)(=O)c2cccc([N+](=O)[O-])c2)cc1. The minimum atomic E-state index is -3.79. The fraction of sp³-hybridized carbons (Fsp3) is 0.143. The largest absolute Gasteiger partial charge is 0.270 e. The van der Waals surface area contributed by atoms with E-state index in [-0.39, 0.29) is 17.1 Å². The van der Waals surface area contributed by atoms with Crippen molar-refractivity contribution in [1.29, 1.82) is 0 Å². The molecule has 116 valence electrons. The van der Waals surface area contributed by atoms with Crippen LogP contribution in [0.25, 0.3) is 0 Å². The standard InChI is InChI=1S/C14H14N2O4S2/c1-21-13-7-5-11(6-8-13)10-15-22(19,20)14-4-2-3-12(9-14)16(17)18/h2-9,15H,10H2,1H3. The lowest BCUT2D eigenvalue weighted by molar-refractivity contribution is -0.385. The first-order valence-corrected chi connectivity index (χ1v) is 9.00. The second-order valence-corrected chi connectivity index (χ2v) is 7.07. The maximum absolute atomic E-state index is 12.2. The molecule has 0 bridgehead atoms. The van der Waals surface area contributed by atoms with Crippen LogP contribution in [0.5, 0.6) is 0 Å². The van der Waals surface area contributed by atoms with Crippen LogP contribution in [-0.4, -0.2) is 19.6 Å². The van der Waals surface area contributed by atoms with Crippen LogP contribution in [0, 0.1) is 10.1 Å². The van der Waals surface area contributed by atoms with Crippen LogP contribution in [0.2, 0.25) is 0 Å². The fourth-order valence-electron chi connectivity index (χ4n) is 1.77. The summed E-state index contributed by atoms with van der Waals surface area (Å²) in [6, 6.07) is 12.4. The number of rotatable bonds is 6. The minimum absolute atomic E-state index is 0.123. The summed E-state index contributed by atoms with van der Waals surface area (Å²) in [6.45, 7) is 0.125. The van der Waals surface area contributed by atoms with E-state index in [4.69, 9.17) is 0 Å². The van der Waals surface area contributed by atoms with Crippen molar-refractivity contribution in [3.05, 3.63) is 64.2 Å².